The van der Waals surface area contributed by atoms with E-state index in [1.165, 1.54) is 19.2 Å². The number of amides is 1. The molecule has 9 nitrogen and oxygen atoms in total. The molecule has 13 heteroatoms. The standard InChI is InChI=1S/C25H19Cl2N3O6S.Na/c1-13-10-21(37(33,34)35)19(12-18(13)27)29-30-22-15-7-4-3-6-14(15)11-16(24(22)31)25(32)28-23-17(26)8-5-9-20(23)36-2;/h3-12,31H,1-2H3,(H,28,32)(H,33,34,35);/q;+1/p-1. The molecule has 0 unspecified atom stereocenters. The number of halogens is 2. The summed E-state index contributed by atoms with van der Waals surface area (Å²) in [5.41, 5.74) is -0.187. The Labute approximate surface area is 250 Å². The number of azo groups is 1. The molecule has 0 fully saturated rings. The maximum absolute atomic E-state index is 13.4. The molecule has 0 radical (unpaired) electrons. The molecule has 1 amide bonds. The molecule has 4 aromatic rings. The van der Waals surface area contributed by atoms with Gasteiger partial charge in [-0.1, -0.05) is 59.3 Å². The van der Waals surface area contributed by atoms with Crippen molar-refractivity contribution in [3.8, 4) is 11.5 Å². The third-order valence-electron chi connectivity index (χ3n) is 5.43. The van der Waals surface area contributed by atoms with Gasteiger partial charge in [0.05, 0.1) is 17.8 Å². The smallest absolute Gasteiger partial charge is 0.870 e. The number of hydrogen-bond acceptors (Lipinski definition) is 7. The number of hydrogen-bond donors (Lipinski definition) is 2. The van der Waals surface area contributed by atoms with Gasteiger partial charge in [0.2, 0.25) is 0 Å². The van der Waals surface area contributed by atoms with Gasteiger partial charge in [0.15, 0.2) is 0 Å². The van der Waals surface area contributed by atoms with Crippen LogP contribution in [0, 0.1) is 6.92 Å². The third-order valence-corrected chi connectivity index (χ3v) is 7.03. The van der Waals surface area contributed by atoms with Crippen molar-refractivity contribution in [1.29, 1.82) is 0 Å². The summed E-state index contributed by atoms with van der Waals surface area (Å²) in [5.74, 6) is -1.24. The van der Waals surface area contributed by atoms with Gasteiger partial charge in [-0.05, 0) is 48.2 Å². The Bertz CT molecular complexity index is 1700. The summed E-state index contributed by atoms with van der Waals surface area (Å²) in [7, 11) is -3.27. The number of ether oxygens (including phenoxy) is 1. The van der Waals surface area contributed by atoms with Crippen molar-refractivity contribution in [1.82, 2.24) is 0 Å². The van der Waals surface area contributed by atoms with Crippen LogP contribution in [-0.2, 0) is 10.1 Å². The monoisotopic (exact) mass is 581 g/mol. The second-order valence-corrected chi connectivity index (χ2v) is 10.0. The van der Waals surface area contributed by atoms with Gasteiger partial charge in [0.25, 0.3) is 16.0 Å². The molecule has 38 heavy (non-hydrogen) atoms. The number of carbonyl (C=O) groups is 1. The molecule has 0 atom stereocenters. The minimum Gasteiger partial charge on any atom is -0.870 e. The minimum absolute atomic E-state index is 0. The zero-order valence-corrected chi connectivity index (χ0v) is 24.6. The Hall–Kier alpha value is -2.70. The van der Waals surface area contributed by atoms with Crippen LogP contribution >= 0.6 is 23.2 Å². The quantitative estimate of drug-likeness (QED) is 0.203. The number of nitrogens with one attached hydrogen (secondary N) is 1. The topological polar surface area (TPSA) is 140 Å². The molecule has 0 heterocycles. The van der Waals surface area contributed by atoms with Crippen molar-refractivity contribution in [3.05, 3.63) is 81.8 Å². The van der Waals surface area contributed by atoms with Crippen LogP contribution in [0.25, 0.3) is 10.8 Å². The van der Waals surface area contributed by atoms with Crippen molar-refractivity contribution in [2.45, 2.75) is 11.8 Å². The van der Waals surface area contributed by atoms with Crippen LogP contribution in [0.5, 0.6) is 11.5 Å². The molecule has 4 rings (SSSR count). The molecule has 4 aromatic carbocycles. The zero-order chi connectivity index (χ0) is 26.9. The Morgan fingerprint density at radius 3 is 2.42 bits per heavy atom. The van der Waals surface area contributed by atoms with E-state index in [0.29, 0.717) is 22.1 Å². The van der Waals surface area contributed by atoms with E-state index in [4.69, 9.17) is 27.9 Å². The first-order valence-electron chi connectivity index (χ1n) is 10.6. The predicted octanol–water partition coefficient (Wildman–Crippen LogP) is 3.46. The molecule has 0 saturated carbocycles. The van der Waals surface area contributed by atoms with Crippen LogP contribution in [0.4, 0.5) is 17.1 Å². The van der Waals surface area contributed by atoms with Crippen molar-refractivity contribution >= 4 is 67.1 Å². The maximum atomic E-state index is 13.4. The van der Waals surface area contributed by atoms with Crippen LogP contribution in [0.15, 0.2) is 75.8 Å². The van der Waals surface area contributed by atoms with E-state index in [9.17, 15) is 22.9 Å². The Morgan fingerprint density at radius 1 is 1.03 bits per heavy atom. The van der Waals surface area contributed by atoms with Gasteiger partial charge in [0.1, 0.15) is 22.0 Å². The van der Waals surface area contributed by atoms with Gasteiger partial charge in [-0.3, -0.25) is 9.35 Å². The second kappa shape index (κ2) is 12.0. The number of carbonyl (C=O) groups excluding carboxylic acids is 1. The molecule has 2 N–H and O–H groups in total. The predicted molar refractivity (Wildman–Crippen MR) is 140 cm³/mol. The fourth-order valence-electron chi connectivity index (χ4n) is 3.59. The molecule has 0 aliphatic rings. The van der Waals surface area contributed by atoms with Gasteiger partial charge in [-0.15, -0.1) is 5.11 Å². The summed E-state index contributed by atoms with van der Waals surface area (Å²) in [6.45, 7) is 1.55. The molecule has 0 aliphatic carbocycles. The van der Waals surface area contributed by atoms with E-state index in [0.717, 1.165) is 6.07 Å². The van der Waals surface area contributed by atoms with Crippen LogP contribution in [-0.4, -0.2) is 26.0 Å². The van der Waals surface area contributed by atoms with E-state index in [1.807, 2.05) is 0 Å². The number of methoxy groups -OCH3 is 1. The molecule has 0 aliphatic heterocycles. The molecular formula is C25H18Cl2N3NaO6S. The fraction of sp³-hybridized carbons (Fsp3) is 0.0800. The zero-order valence-electron chi connectivity index (χ0n) is 20.3. The molecule has 0 aromatic heterocycles. The van der Waals surface area contributed by atoms with E-state index in [2.05, 4.69) is 15.5 Å². The molecule has 0 spiro atoms. The average Bonchev–Trinajstić information content (AvgIpc) is 2.85. The van der Waals surface area contributed by atoms with Crippen molar-refractivity contribution in [3.63, 3.8) is 0 Å². The van der Waals surface area contributed by atoms with Crippen LogP contribution < -0.4 is 44.7 Å². The Kier molecular flexibility index (Phi) is 9.43. The van der Waals surface area contributed by atoms with Crippen LogP contribution in [0.2, 0.25) is 10.0 Å². The van der Waals surface area contributed by atoms with Crippen molar-refractivity contribution < 1.29 is 57.2 Å². The van der Waals surface area contributed by atoms with Crippen LogP contribution in [0.1, 0.15) is 15.9 Å². The first-order chi connectivity index (χ1) is 17.5. The van der Waals surface area contributed by atoms with E-state index < -0.39 is 26.7 Å². The first-order valence-corrected chi connectivity index (χ1v) is 12.8. The summed E-state index contributed by atoms with van der Waals surface area (Å²) < 4.78 is 38.6. The van der Waals surface area contributed by atoms with E-state index in [-0.39, 0.29) is 62.2 Å². The number of rotatable bonds is 6. The number of anilines is 1. The SMILES string of the molecule is COc1cccc(Cl)c1NC(=O)c1cc2ccccc2c(N=Nc2cc(Cl)c(C)cc2S(=O)(=O)O)c1[O-].[Na+]. The summed E-state index contributed by atoms with van der Waals surface area (Å²) in [5, 5.41) is 25.2. The first kappa shape index (κ1) is 29.9. The van der Waals surface area contributed by atoms with Gasteiger partial charge < -0.3 is 15.2 Å². The van der Waals surface area contributed by atoms with Crippen molar-refractivity contribution in [2.75, 3.05) is 12.4 Å². The van der Waals surface area contributed by atoms with Gasteiger partial charge in [-0.25, -0.2) is 0 Å². The van der Waals surface area contributed by atoms with Crippen molar-refractivity contribution in [2.24, 2.45) is 10.2 Å². The average molecular weight is 582 g/mol. The van der Waals surface area contributed by atoms with Gasteiger partial charge in [0, 0.05) is 16.0 Å². The number of fused-ring (bicyclic) bond motifs is 1. The maximum Gasteiger partial charge on any atom is 1.00 e. The summed E-state index contributed by atoms with van der Waals surface area (Å²) >= 11 is 12.3. The van der Waals surface area contributed by atoms with E-state index >= 15 is 0 Å². The van der Waals surface area contributed by atoms with E-state index in [1.54, 1.807) is 49.4 Å². The molecular weight excluding hydrogens is 564 g/mol. The number of benzene rings is 4. The second-order valence-electron chi connectivity index (χ2n) is 7.84. The van der Waals surface area contributed by atoms with Crippen LogP contribution in [0.3, 0.4) is 0 Å². The summed E-state index contributed by atoms with van der Waals surface area (Å²) in [6, 6.07) is 15.2. The normalized spacial score (nSPS) is 11.4. The summed E-state index contributed by atoms with van der Waals surface area (Å²) in [6.07, 6.45) is 0. The third kappa shape index (κ3) is 6.13. The number of nitrogens with zero attached hydrogens (tertiary/aromatic N) is 2. The summed E-state index contributed by atoms with van der Waals surface area (Å²) in [4.78, 5) is 12.6. The fourth-order valence-corrected chi connectivity index (χ4v) is 4.65. The number of para-hydroxylation sites is 1. The Morgan fingerprint density at radius 2 is 1.74 bits per heavy atom. The van der Waals surface area contributed by atoms with Gasteiger partial charge in [-0.2, -0.15) is 13.5 Å². The largest absolute Gasteiger partial charge is 1.00 e. The molecule has 0 saturated heterocycles. The minimum atomic E-state index is -4.68. The molecule has 0 bridgehead atoms. The van der Waals surface area contributed by atoms with Gasteiger partial charge >= 0.3 is 29.6 Å². The molecule has 190 valence electrons. The number of aryl methyl sites for hydroxylation is 1. The Balaban J connectivity index is 0.00000400.